The molecule has 9 nitrogen and oxygen atoms in total. The Balaban J connectivity index is 1.77. The second-order valence-electron chi connectivity index (χ2n) is 8.51. The predicted octanol–water partition coefficient (Wildman–Crippen LogP) is 4.62. The summed E-state index contributed by atoms with van der Waals surface area (Å²) in [6.45, 7) is 3.67. The van der Waals surface area contributed by atoms with Gasteiger partial charge in [0.15, 0.2) is 5.82 Å². The van der Waals surface area contributed by atoms with Crippen LogP contribution in [0.25, 0.3) is 0 Å². The van der Waals surface area contributed by atoms with Crippen molar-refractivity contribution in [1.29, 1.82) is 0 Å². The van der Waals surface area contributed by atoms with Crippen molar-refractivity contribution in [2.24, 2.45) is 4.99 Å². The van der Waals surface area contributed by atoms with E-state index in [0.717, 1.165) is 17.3 Å². The second kappa shape index (κ2) is 12.7. The number of anilines is 1. The van der Waals surface area contributed by atoms with E-state index in [-0.39, 0.29) is 38.4 Å². The fraction of sp³-hybridized carbons (Fsp3) is 0.375. The first-order chi connectivity index (χ1) is 18.4. The third-order valence-electron chi connectivity index (χ3n) is 6.00. The minimum Gasteiger partial charge on any atom is -0.445 e. The van der Waals surface area contributed by atoms with Gasteiger partial charge in [0, 0.05) is 31.6 Å². The Morgan fingerprint density at radius 1 is 1.31 bits per heavy atom. The van der Waals surface area contributed by atoms with E-state index < -0.39 is 50.4 Å². The maximum Gasteiger partial charge on any atom is 0.421 e. The van der Waals surface area contributed by atoms with Gasteiger partial charge in [0.1, 0.15) is 18.0 Å². The summed E-state index contributed by atoms with van der Waals surface area (Å²) in [6, 6.07) is 8.57. The van der Waals surface area contributed by atoms with Gasteiger partial charge in [0.25, 0.3) is 10.0 Å². The molecule has 0 unspecified atom stereocenters. The van der Waals surface area contributed by atoms with Crippen molar-refractivity contribution in [3.8, 4) is 0 Å². The van der Waals surface area contributed by atoms with Gasteiger partial charge in [-0.05, 0) is 31.4 Å². The minimum absolute atomic E-state index is 0.0843. The molecule has 0 bridgehead atoms. The van der Waals surface area contributed by atoms with Gasteiger partial charge in [-0.25, -0.2) is 19.2 Å². The van der Waals surface area contributed by atoms with Crippen LogP contribution in [0.1, 0.15) is 24.0 Å². The van der Waals surface area contributed by atoms with Crippen LogP contribution in [0, 0.1) is 5.82 Å². The molecular weight excluding hydrogens is 562 g/mol. The number of benzene rings is 1. The maximum atomic E-state index is 15.2. The van der Waals surface area contributed by atoms with Gasteiger partial charge in [0.2, 0.25) is 5.03 Å². The van der Waals surface area contributed by atoms with E-state index >= 15 is 4.39 Å². The lowest BCUT2D eigenvalue weighted by molar-refractivity contribution is -0.139. The smallest absolute Gasteiger partial charge is 0.421 e. The average molecular weight is 590 g/mol. The normalized spacial score (nSPS) is 15.1. The number of likely N-dealkylation sites (tertiary alicyclic amines) is 1. The molecule has 15 heteroatoms. The van der Waals surface area contributed by atoms with Crippen molar-refractivity contribution in [3.63, 3.8) is 0 Å². The highest BCUT2D eigenvalue weighted by atomic mass is 32.2. The lowest BCUT2D eigenvalue weighted by atomic mass is 10.0. The van der Waals surface area contributed by atoms with Gasteiger partial charge in [-0.3, -0.25) is 4.72 Å². The Hall–Kier alpha value is -3.33. The summed E-state index contributed by atoms with van der Waals surface area (Å²) in [7, 11) is -3.50. The number of pyridine rings is 1. The van der Waals surface area contributed by atoms with Crippen LogP contribution in [0.5, 0.6) is 0 Å². The maximum absolute atomic E-state index is 15.2. The monoisotopic (exact) mass is 589 g/mol. The van der Waals surface area contributed by atoms with Crippen LogP contribution in [-0.2, 0) is 27.5 Å². The number of ether oxygens (including phenoxy) is 1. The molecule has 212 valence electrons. The standard InChI is InChI=1S/C24H27F4N5O4S2/c1-29-19(15-38-3)31-39(35,36)22-21(25)20(24(26,27)28)18(13-30-22)32(2)17-9-11-33(12-10-17)23(34)37-14-16-7-5-4-6-8-16/h4-8,13,15,17,31H,1,9-12,14H2,2-3H3/b19-15+. The highest BCUT2D eigenvalue weighted by Gasteiger charge is 2.42. The zero-order valence-corrected chi connectivity index (χ0v) is 22.7. The number of hydrogen-bond donors (Lipinski definition) is 1. The number of hydrogen-bond acceptors (Lipinski definition) is 8. The van der Waals surface area contributed by atoms with Crippen LogP contribution in [-0.4, -0.2) is 63.5 Å². The van der Waals surface area contributed by atoms with Gasteiger partial charge in [-0.15, -0.1) is 11.8 Å². The van der Waals surface area contributed by atoms with E-state index in [2.05, 4.69) is 16.7 Å². The van der Waals surface area contributed by atoms with Crippen molar-refractivity contribution in [2.75, 3.05) is 31.3 Å². The minimum atomic E-state index is -5.22. The molecule has 1 amide bonds. The second-order valence-corrected chi connectivity index (χ2v) is 10.8. The topological polar surface area (TPSA) is 104 Å². The molecule has 1 aliphatic heterocycles. The van der Waals surface area contributed by atoms with E-state index in [1.54, 1.807) is 6.26 Å². The molecular formula is C24H27F4N5O4S2. The molecule has 1 aromatic heterocycles. The van der Waals surface area contributed by atoms with Crippen LogP contribution < -0.4 is 9.62 Å². The number of rotatable bonds is 9. The highest BCUT2D eigenvalue weighted by molar-refractivity contribution is 8.01. The molecule has 0 radical (unpaired) electrons. The third kappa shape index (κ3) is 7.41. The lowest BCUT2D eigenvalue weighted by Crippen LogP contribution is -2.46. The molecule has 2 aromatic rings. The van der Waals surface area contributed by atoms with Crippen LogP contribution >= 0.6 is 11.8 Å². The number of thioether (sulfide) groups is 1. The summed E-state index contributed by atoms with van der Waals surface area (Å²) in [5, 5.41) is -0.183. The molecule has 0 saturated carbocycles. The first kappa shape index (κ1) is 30.2. The first-order valence-corrected chi connectivity index (χ1v) is 14.3. The Morgan fingerprint density at radius 2 is 1.95 bits per heavy atom. The number of piperidine rings is 1. The van der Waals surface area contributed by atoms with E-state index in [1.165, 1.54) is 22.3 Å². The van der Waals surface area contributed by atoms with Gasteiger partial charge in [-0.1, -0.05) is 30.3 Å². The van der Waals surface area contributed by atoms with Crippen molar-refractivity contribution < 1.29 is 35.5 Å². The molecule has 1 fully saturated rings. The highest BCUT2D eigenvalue weighted by Crippen LogP contribution is 2.40. The summed E-state index contributed by atoms with van der Waals surface area (Å²) < 4.78 is 89.7. The lowest BCUT2D eigenvalue weighted by Gasteiger charge is -2.38. The van der Waals surface area contributed by atoms with Crippen molar-refractivity contribution in [3.05, 3.63) is 64.7 Å². The van der Waals surface area contributed by atoms with E-state index in [0.29, 0.717) is 6.20 Å². The zero-order chi connectivity index (χ0) is 28.8. The fourth-order valence-corrected chi connectivity index (χ4v) is 5.48. The molecule has 39 heavy (non-hydrogen) atoms. The van der Waals surface area contributed by atoms with E-state index in [9.17, 15) is 26.4 Å². The number of alkyl halides is 3. The van der Waals surface area contributed by atoms with E-state index in [1.807, 2.05) is 35.1 Å². The zero-order valence-electron chi connectivity index (χ0n) is 21.1. The largest absolute Gasteiger partial charge is 0.445 e. The number of amides is 1. The molecule has 0 aliphatic carbocycles. The molecule has 1 aromatic carbocycles. The summed E-state index contributed by atoms with van der Waals surface area (Å²) >= 11 is 1.05. The number of nitrogens with one attached hydrogen (secondary N) is 1. The third-order valence-corrected chi connectivity index (χ3v) is 7.73. The van der Waals surface area contributed by atoms with Crippen LogP contribution in [0.3, 0.4) is 0 Å². The van der Waals surface area contributed by atoms with Crippen molar-refractivity contribution >= 4 is 40.3 Å². The predicted molar refractivity (Wildman–Crippen MR) is 140 cm³/mol. The Kier molecular flexibility index (Phi) is 9.83. The molecule has 1 N–H and O–H groups in total. The molecule has 1 saturated heterocycles. The number of halogens is 4. The van der Waals surface area contributed by atoms with Crippen LogP contribution in [0.4, 0.5) is 28.0 Å². The Labute approximate surface area is 228 Å². The van der Waals surface area contributed by atoms with Gasteiger partial charge in [0.05, 0.1) is 11.9 Å². The molecule has 3 rings (SSSR count). The quantitative estimate of drug-likeness (QED) is 0.336. The summed E-state index contributed by atoms with van der Waals surface area (Å²) in [5.74, 6) is -2.33. The number of sulfonamides is 1. The Morgan fingerprint density at radius 3 is 2.51 bits per heavy atom. The van der Waals surface area contributed by atoms with Gasteiger partial charge < -0.3 is 14.5 Å². The van der Waals surface area contributed by atoms with E-state index in [4.69, 9.17) is 4.74 Å². The number of aliphatic imine (C=N–C) groups is 1. The number of nitrogens with zero attached hydrogens (tertiary/aromatic N) is 4. The molecule has 0 atom stereocenters. The summed E-state index contributed by atoms with van der Waals surface area (Å²) in [6.07, 6.45) is -2.97. The molecule has 2 heterocycles. The fourth-order valence-electron chi connectivity index (χ4n) is 4.02. The van der Waals surface area contributed by atoms with Crippen LogP contribution in [0.15, 0.2) is 57.8 Å². The van der Waals surface area contributed by atoms with Crippen LogP contribution in [0.2, 0.25) is 0 Å². The number of carbonyl (C=O) groups excluding carboxylic acids is 1. The summed E-state index contributed by atoms with van der Waals surface area (Å²) in [4.78, 5) is 22.0. The van der Waals surface area contributed by atoms with Gasteiger partial charge in [-0.2, -0.15) is 21.6 Å². The molecule has 1 aliphatic rings. The average Bonchev–Trinajstić information content (AvgIpc) is 2.90. The van der Waals surface area contributed by atoms with Gasteiger partial charge >= 0.3 is 12.3 Å². The first-order valence-electron chi connectivity index (χ1n) is 11.6. The summed E-state index contributed by atoms with van der Waals surface area (Å²) in [5.41, 5.74) is -1.56. The van der Waals surface area contributed by atoms with Crippen molar-refractivity contribution in [2.45, 2.75) is 36.7 Å². The molecule has 0 spiro atoms. The Bertz CT molecular complexity index is 1320. The van der Waals surface area contributed by atoms with Crippen molar-refractivity contribution in [1.82, 2.24) is 14.6 Å². The number of carbonyl (C=O) groups is 1. The number of aromatic nitrogens is 1. The SMILES string of the molecule is C=N/C(=C\SC)NS(=O)(=O)c1ncc(N(C)C2CCN(C(=O)OCc3ccccc3)CC2)c(C(F)(F)F)c1F.